The van der Waals surface area contributed by atoms with E-state index in [0.29, 0.717) is 7.92 Å². The molecule has 1 aliphatic rings. The first-order valence-corrected chi connectivity index (χ1v) is 6.68. The van der Waals surface area contributed by atoms with Crippen LogP contribution in [0.25, 0.3) is 0 Å². The van der Waals surface area contributed by atoms with E-state index in [1.54, 1.807) is 0 Å². The second kappa shape index (κ2) is 25.1. The molecule has 0 heterocycles. The predicted molar refractivity (Wildman–Crippen MR) is 66.5 cm³/mol. The van der Waals surface area contributed by atoms with Crippen molar-refractivity contribution in [2.24, 2.45) is 0 Å². The van der Waals surface area contributed by atoms with Gasteiger partial charge in [0.25, 0.3) is 0 Å². The van der Waals surface area contributed by atoms with Gasteiger partial charge in [-0.05, 0) is 18.5 Å². The molecule has 16 heavy (non-hydrogen) atoms. The average molecular weight is 320 g/mol. The van der Waals surface area contributed by atoms with E-state index in [4.69, 9.17) is 0 Å². The molecule has 0 amide bonds. The molecule has 0 unspecified atom stereocenters. The van der Waals surface area contributed by atoms with Crippen molar-refractivity contribution in [1.82, 2.24) is 0 Å². The molecule has 0 nitrogen and oxygen atoms in total. The molecule has 0 aromatic carbocycles. The standard InChI is InChI=1S/C6H15P.C5H5.CH3.2ClH.V/c1-4-7(5-2)6-3;1-2-4-5-3-1;;;;/h4-6H2,1-3H3;1-3H,4H2;1H3;2*1H;/q;2*-1;;;+4/p-2. The van der Waals surface area contributed by atoms with Crippen LogP contribution in [0.15, 0.2) is 18.2 Å². The summed E-state index contributed by atoms with van der Waals surface area (Å²) >= 11 is 0. The van der Waals surface area contributed by atoms with Gasteiger partial charge in [-0.25, -0.2) is 12.2 Å². The summed E-state index contributed by atoms with van der Waals surface area (Å²) in [7, 11) is 0.446. The largest absolute Gasteiger partial charge is 4.00 e. The average Bonchev–Trinajstić information content (AvgIpc) is 2.64. The fraction of sp³-hybridized carbons (Fsp3) is 0.583. The molecule has 0 N–H and O–H groups in total. The van der Waals surface area contributed by atoms with Crippen LogP contribution in [0.2, 0.25) is 0 Å². The van der Waals surface area contributed by atoms with E-state index in [1.165, 1.54) is 18.5 Å². The summed E-state index contributed by atoms with van der Waals surface area (Å²) in [6.45, 7) is 6.87. The molecule has 0 saturated heterocycles. The third-order valence-corrected chi connectivity index (χ3v) is 4.61. The van der Waals surface area contributed by atoms with Crippen molar-refractivity contribution in [3.63, 3.8) is 0 Å². The number of rotatable bonds is 3. The maximum absolute atomic E-state index is 2.99. The minimum Gasteiger partial charge on any atom is -1.00 e. The molecule has 0 spiro atoms. The van der Waals surface area contributed by atoms with Crippen LogP contribution in [0.3, 0.4) is 0 Å². The van der Waals surface area contributed by atoms with Gasteiger partial charge < -0.3 is 32.2 Å². The Morgan fingerprint density at radius 1 is 1.06 bits per heavy atom. The SMILES string of the molecule is CCP(CC)CC.[C-]1=CC=CC1.[CH3-].[Cl-].[Cl-].[V+4]. The number of halogens is 2. The van der Waals surface area contributed by atoms with Crippen molar-refractivity contribution in [3.8, 4) is 0 Å². The van der Waals surface area contributed by atoms with E-state index in [0.717, 1.165) is 6.42 Å². The van der Waals surface area contributed by atoms with Crippen molar-refractivity contribution in [2.45, 2.75) is 27.2 Å². The normalized spacial score (nSPS) is 10.0. The fourth-order valence-electron chi connectivity index (χ4n) is 1.01. The van der Waals surface area contributed by atoms with Gasteiger partial charge in [0.2, 0.25) is 0 Å². The van der Waals surface area contributed by atoms with Crippen LogP contribution < -0.4 is 24.8 Å². The van der Waals surface area contributed by atoms with Gasteiger partial charge in [-0.1, -0.05) is 20.8 Å². The summed E-state index contributed by atoms with van der Waals surface area (Å²) < 4.78 is 0. The summed E-state index contributed by atoms with van der Waals surface area (Å²) in [5, 5.41) is 0. The second-order valence-corrected chi connectivity index (χ2v) is 5.86. The first kappa shape index (κ1) is 30.3. The zero-order valence-electron chi connectivity index (χ0n) is 10.7. The van der Waals surface area contributed by atoms with Crippen LogP contribution in [0, 0.1) is 13.5 Å². The molecule has 0 bridgehead atoms. The Morgan fingerprint density at radius 2 is 1.50 bits per heavy atom. The fourth-order valence-corrected chi connectivity index (χ4v) is 2.35. The molecular formula is C12H23Cl2PV. The first-order chi connectivity index (χ1) is 5.85. The third kappa shape index (κ3) is 20.5. The van der Waals surface area contributed by atoms with E-state index in [1.807, 2.05) is 12.2 Å². The molecule has 0 fully saturated rings. The molecule has 4 heteroatoms. The van der Waals surface area contributed by atoms with E-state index in [9.17, 15) is 0 Å². The Labute approximate surface area is 128 Å². The predicted octanol–water partition coefficient (Wildman–Crippen LogP) is -1.71. The van der Waals surface area contributed by atoms with Crippen molar-refractivity contribution in [2.75, 3.05) is 18.5 Å². The topological polar surface area (TPSA) is 0 Å². The van der Waals surface area contributed by atoms with Crippen molar-refractivity contribution >= 4 is 7.92 Å². The van der Waals surface area contributed by atoms with Crippen LogP contribution in [-0.4, -0.2) is 18.5 Å². The molecule has 0 saturated carbocycles. The summed E-state index contributed by atoms with van der Waals surface area (Å²) in [4.78, 5) is 0. The second-order valence-electron chi connectivity index (χ2n) is 2.62. The molecule has 0 aromatic heterocycles. The van der Waals surface area contributed by atoms with Gasteiger partial charge in [0.1, 0.15) is 0 Å². The summed E-state index contributed by atoms with van der Waals surface area (Å²) in [5.74, 6) is 0. The Kier molecular flexibility index (Phi) is 47.4. The van der Waals surface area contributed by atoms with Crippen molar-refractivity contribution < 1.29 is 43.4 Å². The minimum atomic E-state index is 0. The third-order valence-electron chi connectivity index (χ3n) is 1.93. The monoisotopic (exact) mass is 319 g/mol. The minimum absolute atomic E-state index is 0. The van der Waals surface area contributed by atoms with Crippen molar-refractivity contribution in [1.29, 1.82) is 0 Å². The molecule has 1 aliphatic carbocycles. The van der Waals surface area contributed by atoms with Gasteiger partial charge in [0.05, 0.1) is 0 Å². The van der Waals surface area contributed by atoms with Crippen LogP contribution in [-0.2, 0) is 18.6 Å². The van der Waals surface area contributed by atoms with Crippen LogP contribution in [0.5, 0.6) is 0 Å². The number of allylic oxidation sites excluding steroid dienone is 4. The molecule has 0 aromatic rings. The van der Waals surface area contributed by atoms with Gasteiger partial charge in [0.15, 0.2) is 0 Å². The van der Waals surface area contributed by atoms with Crippen LogP contribution >= 0.6 is 7.92 Å². The van der Waals surface area contributed by atoms with Gasteiger partial charge in [-0.2, -0.15) is 6.08 Å². The summed E-state index contributed by atoms with van der Waals surface area (Å²) in [6.07, 6.45) is 14.3. The molecule has 1 radical (unpaired) electrons. The Morgan fingerprint density at radius 3 is 1.56 bits per heavy atom. The van der Waals surface area contributed by atoms with Gasteiger partial charge >= 0.3 is 18.6 Å². The quantitative estimate of drug-likeness (QED) is 0.429. The van der Waals surface area contributed by atoms with Gasteiger partial charge in [0, 0.05) is 0 Å². The molecule has 95 valence electrons. The first-order valence-electron chi connectivity index (χ1n) is 4.79. The molecule has 1 rings (SSSR count). The maximum atomic E-state index is 2.99. The van der Waals surface area contributed by atoms with Crippen molar-refractivity contribution in [3.05, 3.63) is 31.7 Å². The van der Waals surface area contributed by atoms with Crippen LogP contribution in [0.4, 0.5) is 0 Å². The van der Waals surface area contributed by atoms with E-state index < -0.39 is 0 Å². The molecular weight excluding hydrogens is 297 g/mol. The Balaban J connectivity index is -0.0000000411. The summed E-state index contributed by atoms with van der Waals surface area (Å²) in [5.41, 5.74) is 0. The number of hydrogen-bond acceptors (Lipinski definition) is 0. The van der Waals surface area contributed by atoms with E-state index in [2.05, 4.69) is 32.9 Å². The zero-order valence-corrected chi connectivity index (χ0v) is 14.5. The van der Waals surface area contributed by atoms with Crippen LogP contribution in [0.1, 0.15) is 27.2 Å². The van der Waals surface area contributed by atoms with E-state index >= 15 is 0 Å². The molecule has 0 atom stereocenters. The van der Waals surface area contributed by atoms with Gasteiger partial charge in [-0.15, -0.1) is 14.3 Å². The number of hydrogen-bond donors (Lipinski definition) is 0. The summed E-state index contributed by atoms with van der Waals surface area (Å²) in [6, 6.07) is 0. The molecule has 0 aliphatic heterocycles. The smallest absolute Gasteiger partial charge is 1.00 e. The zero-order chi connectivity index (χ0) is 9.23. The van der Waals surface area contributed by atoms with E-state index in [-0.39, 0.29) is 50.8 Å². The Hall–Kier alpha value is 1.07. The Bertz CT molecular complexity index is 130. The maximum Gasteiger partial charge on any atom is 4.00 e. The van der Waals surface area contributed by atoms with Gasteiger partial charge in [-0.3, -0.25) is 6.08 Å².